The molecule has 1 aliphatic heterocycles. The van der Waals surface area contributed by atoms with Crippen LogP contribution in [0.25, 0.3) is 11.0 Å². The molecule has 0 radical (unpaired) electrons. The maximum atomic E-state index is 13.3. The lowest BCUT2D eigenvalue weighted by Gasteiger charge is -2.33. The maximum absolute atomic E-state index is 13.3. The molecule has 6 heteroatoms. The van der Waals surface area contributed by atoms with Crippen molar-refractivity contribution in [1.82, 2.24) is 20.2 Å². The molecule has 0 aliphatic carbocycles. The highest BCUT2D eigenvalue weighted by molar-refractivity contribution is 5.82. The summed E-state index contributed by atoms with van der Waals surface area (Å²) in [4.78, 5) is 23.0. The highest BCUT2D eigenvalue weighted by Crippen LogP contribution is 2.25. The summed E-state index contributed by atoms with van der Waals surface area (Å²) in [5, 5.41) is 3.24. The maximum Gasteiger partial charge on any atom is 0.251 e. The van der Waals surface area contributed by atoms with E-state index in [2.05, 4.69) is 32.3 Å². The molecular formula is C26H26N4O2. The Bertz CT molecular complexity index is 1180. The van der Waals surface area contributed by atoms with E-state index in [0.29, 0.717) is 13.2 Å². The molecule has 4 aromatic rings. The van der Waals surface area contributed by atoms with Crippen LogP contribution < -0.4 is 5.32 Å². The highest BCUT2D eigenvalue weighted by Gasteiger charge is 2.29. The highest BCUT2D eigenvalue weighted by atomic mass is 16.5. The minimum Gasteiger partial charge on any atom is -0.366 e. The van der Waals surface area contributed by atoms with E-state index in [0.717, 1.165) is 35.2 Å². The van der Waals surface area contributed by atoms with Crippen molar-refractivity contribution < 1.29 is 9.53 Å². The lowest BCUT2D eigenvalue weighted by atomic mass is 9.98. The van der Waals surface area contributed by atoms with Crippen molar-refractivity contribution in [3.05, 3.63) is 102 Å². The van der Waals surface area contributed by atoms with E-state index in [1.54, 1.807) is 6.33 Å². The molecule has 3 aromatic carbocycles. The Balaban J connectivity index is 1.34. The number of hydrogen-bond donors (Lipinski definition) is 2. The second-order valence-electron chi connectivity index (χ2n) is 8.11. The van der Waals surface area contributed by atoms with E-state index >= 15 is 0 Å². The van der Waals surface area contributed by atoms with Crippen molar-refractivity contribution in [3.8, 4) is 0 Å². The van der Waals surface area contributed by atoms with Gasteiger partial charge in [-0.15, -0.1) is 0 Å². The Morgan fingerprint density at radius 2 is 1.84 bits per heavy atom. The Morgan fingerprint density at radius 3 is 2.66 bits per heavy atom. The molecule has 2 heterocycles. The van der Waals surface area contributed by atoms with Crippen LogP contribution in [0.4, 0.5) is 0 Å². The molecule has 1 amide bonds. The van der Waals surface area contributed by atoms with Gasteiger partial charge in [-0.2, -0.15) is 0 Å². The lowest BCUT2D eigenvalue weighted by molar-refractivity contribution is -0.139. The van der Waals surface area contributed by atoms with Crippen LogP contribution >= 0.6 is 0 Å². The lowest BCUT2D eigenvalue weighted by Crippen LogP contribution is -2.50. The molecule has 1 saturated heterocycles. The summed E-state index contributed by atoms with van der Waals surface area (Å²) in [6.07, 6.45) is 1.18. The first kappa shape index (κ1) is 20.4. The van der Waals surface area contributed by atoms with Gasteiger partial charge in [0, 0.05) is 19.6 Å². The molecule has 6 nitrogen and oxygen atoms in total. The zero-order chi connectivity index (χ0) is 21.8. The fraction of sp³-hybridized carbons (Fsp3) is 0.231. The van der Waals surface area contributed by atoms with Crippen LogP contribution in [0.5, 0.6) is 0 Å². The Kier molecular flexibility index (Phi) is 5.96. The quantitative estimate of drug-likeness (QED) is 0.494. The number of aromatic amines is 1. The summed E-state index contributed by atoms with van der Waals surface area (Å²) in [5.74, 6) is -0.0960. The number of nitrogens with zero attached hydrogens (tertiary/aromatic N) is 2. The molecule has 1 aromatic heterocycles. The van der Waals surface area contributed by atoms with Gasteiger partial charge in [0.15, 0.2) is 0 Å². The van der Waals surface area contributed by atoms with Crippen LogP contribution in [0.1, 0.15) is 22.7 Å². The number of carbonyl (C=O) groups excluding carboxylic acids is 1. The van der Waals surface area contributed by atoms with Gasteiger partial charge >= 0.3 is 0 Å². The summed E-state index contributed by atoms with van der Waals surface area (Å²) in [5.41, 5.74) is 5.11. The third-order valence-corrected chi connectivity index (χ3v) is 5.89. The Labute approximate surface area is 187 Å². The predicted octanol–water partition coefficient (Wildman–Crippen LogP) is 3.67. The van der Waals surface area contributed by atoms with Crippen molar-refractivity contribution in [2.45, 2.75) is 18.7 Å². The Morgan fingerprint density at radius 1 is 1.06 bits per heavy atom. The molecule has 2 N–H and O–H groups in total. The topological polar surface area (TPSA) is 70.2 Å². The summed E-state index contributed by atoms with van der Waals surface area (Å²) < 4.78 is 5.87. The third kappa shape index (κ3) is 4.56. The average molecular weight is 427 g/mol. The van der Waals surface area contributed by atoms with Gasteiger partial charge in [0.2, 0.25) is 0 Å². The number of nitrogens with one attached hydrogen (secondary N) is 2. The number of morpholine rings is 1. The number of H-pyrrole nitrogens is 1. The largest absolute Gasteiger partial charge is 0.366 e. The van der Waals surface area contributed by atoms with E-state index in [-0.39, 0.29) is 11.9 Å². The van der Waals surface area contributed by atoms with Crippen LogP contribution in [0.3, 0.4) is 0 Å². The fourth-order valence-electron chi connectivity index (χ4n) is 4.22. The molecule has 32 heavy (non-hydrogen) atoms. The molecule has 1 fully saturated rings. The van der Waals surface area contributed by atoms with Crippen molar-refractivity contribution in [2.75, 3.05) is 19.7 Å². The summed E-state index contributed by atoms with van der Waals surface area (Å²) >= 11 is 0. The standard InChI is InChI=1S/C26H26N4O2/c31-26(24-17-30(13-14-32-24)16-19-7-3-1-4-8-19)29-25(20-9-5-2-6-10-20)21-11-12-22-23(15-21)28-18-27-22/h1-12,15,18,24-25H,13-14,16-17H2,(H,27,28)(H,29,31). The van der Waals surface area contributed by atoms with Gasteiger partial charge in [0.05, 0.1) is 30.0 Å². The third-order valence-electron chi connectivity index (χ3n) is 5.89. The summed E-state index contributed by atoms with van der Waals surface area (Å²) in [7, 11) is 0. The van der Waals surface area contributed by atoms with Gasteiger partial charge in [-0.3, -0.25) is 9.69 Å². The number of rotatable bonds is 6. The summed E-state index contributed by atoms with van der Waals surface area (Å²) in [6, 6.07) is 26.1. The first-order valence-electron chi connectivity index (χ1n) is 10.9. The van der Waals surface area contributed by atoms with Gasteiger partial charge in [0.1, 0.15) is 6.10 Å². The number of fused-ring (bicyclic) bond motifs is 1. The Hall–Kier alpha value is -3.48. The van der Waals surface area contributed by atoms with Crippen LogP contribution in [-0.4, -0.2) is 46.6 Å². The molecule has 1 aliphatic rings. The van der Waals surface area contributed by atoms with E-state index < -0.39 is 6.10 Å². The predicted molar refractivity (Wildman–Crippen MR) is 124 cm³/mol. The van der Waals surface area contributed by atoms with Crippen LogP contribution in [0.2, 0.25) is 0 Å². The second kappa shape index (κ2) is 9.34. The van der Waals surface area contributed by atoms with E-state index in [9.17, 15) is 4.79 Å². The molecule has 162 valence electrons. The van der Waals surface area contributed by atoms with E-state index in [1.807, 2.05) is 66.7 Å². The second-order valence-corrected chi connectivity index (χ2v) is 8.11. The first-order valence-corrected chi connectivity index (χ1v) is 10.9. The number of amides is 1. The normalized spacial score (nSPS) is 17.8. The van der Waals surface area contributed by atoms with Gasteiger partial charge in [0.25, 0.3) is 5.91 Å². The number of imidazole rings is 1. The van der Waals surface area contributed by atoms with Crippen molar-refractivity contribution in [3.63, 3.8) is 0 Å². The van der Waals surface area contributed by atoms with E-state index in [1.165, 1.54) is 5.56 Å². The van der Waals surface area contributed by atoms with Crippen molar-refractivity contribution in [1.29, 1.82) is 0 Å². The smallest absolute Gasteiger partial charge is 0.251 e. The minimum atomic E-state index is -0.505. The number of aromatic nitrogens is 2. The number of hydrogen-bond acceptors (Lipinski definition) is 4. The summed E-state index contributed by atoms with van der Waals surface area (Å²) in [6.45, 7) is 2.74. The zero-order valence-electron chi connectivity index (χ0n) is 17.8. The van der Waals surface area contributed by atoms with Crippen molar-refractivity contribution >= 4 is 16.9 Å². The van der Waals surface area contributed by atoms with Gasteiger partial charge < -0.3 is 15.0 Å². The van der Waals surface area contributed by atoms with Gasteiger partial charge in [-0.1, -0.05) is 66.7 Å². The van der Waals surface area contributed by atoms with E-state index in [4.69, 9.17) is 4.74 Å². The molecule has 2 atom stereocenters. The average Bonchev–Trinajstić information content (AvgIpc) is 3.32. The fourth-order valence-corrected chi connectivity index (χ4v) is 4.22. The SMILES string of the molecule is O=C(NC(c1ccccc1)c1ccc2nc[nH]c2c1)C1CN(Cc2ccccc2)CCO1. The van der Waals surface area contributed by atoms with Gasteiger partial charge in [-0.05, 0) is 28.8 Å². The van der Waals surface area contributed by atoms with Crippen molar-refractivity contribution in [2.24, 2.45) is 0 Å². The zero-order valence-corrected chi connectivity index (χ0v) is 17.8. The van der Waals surface area contributed by atoms with Crippen LogP contribution in [-0.2, 0) is 16.1 Å². The number of ether oxygens (including phenoxy) is 1. The molecule has 2 unspecified atom stereocenters. The number of carbonyl (C=O) groups is 1. The molecule has 0 bridgehead atoms. The molecule has 0 saturated carbocycles. The van der Waals surface area contributed by atoms with Crippen LogP contribution in [0, 0.1) is 0 Å². The molecule has 5 rings (SSSR count). The first-order chi connectivity index (χ1) is 15.8. The minimum absolute atomic E-state index is 0.0960. The number of benzene rings is 3. The van der Waals surface area contributed by atoms with Crippen LogP contribution in [0.15, 0.2) is 85.2 Å². The van der Waals surface area contributed by atoms with Gasteiger partial charge in [-0.25, -0.2) is 4.98 Å². The molecule has 0 spiro atoms. The monoisotopic (exact) mass is 426 g/mol. The molecular weight excluding hydrogens is 400 g/mol.